The van der Waals surface area contributed by atoms with E-state index < -0.39 is 4.92 Å². The normalized spacial score (nSPS) is 15.0. The van der Waals surface area contributed by atoms with Gasteiger partial charge in [0.05, 0.1) is 4.92 Å². The van der Waals surface area contributed by atoms with E-state index in [0.29, 0.717) is 23.2 Å². The molecule has 0 saturated carbocycles. The Morgan fingerprint density at radius 1 is 1.33 bits per heavy atom. The minimum Gasteiger partial charge on any atom is -0.424 e. The third-order valence-electron chi connectivity index (χ3n) is 3.25. The number of oxazole rings is 1. The van der Waals surface area contributed by atoms with E-state index in [1.54, 1.807) is 6.07 Å². The SMILES string of the molecule is Br.Br.O=[N+]([O-])c1ccc2oc(NC3CCNCC3)nc2c1. The molecule has 116 valence electrons. The number of benzene rings is 1. The molecule has 2 N–H and O–H groups in total. The first-order valence-electron chi connectivity index (χ1n) is 6.24. The first-order valence-corrected chi connectivity index (χ1v) is 6.24. The van der Waals surface area contributed by atoms with Crippen molar-refractivity contribution in [3.8, 4) is 0 Å². The van der Waals surface area contributed by atoms with Gasteiger partial charge in [-0.15, -0.1) is 34.0 Å². The molecule has 3 rings (SSSR count). The van der Waals surface area contributed by atoms with Crippen LogP contribution in [0.5, 0.6) is 0 Å². The first-order chi connectivity index (χ1) is 9.22. The maximum Gasteiger partial charge on any atom is 0.295 e. The monoisotopic (exact) mass is 422 g/mol. The molecule has 0 bridgehead atoms. The van der Waals surface area contributed by atoms with Crippen molar-refractivity contribution in [1.82, 2.24) is 10.3 Å². The lowest BCUT2D eigenvalue weighted by Crippen LogP contribution is -2.35. The van der Waals surface area contributed by atoms with Gasteiger partial charge in [-0.05, 0) is 32.0 Å². The fraction of sp³-hybridized carbons (Fsp3) is 0.417. The molecule has 0 unspecified atom stereocenters. The summed E-state index contributed by atoms with van der Waals surface area (Å²) in [5.41, 5.74) is 1.09. The van der Waals surface area contributed by atoms with Crippen molar-refractivity contribution < 1.29 is 9.34 Å². The molecule has 1 aliphatic rings. The molecule has 2 aromatic rings. The van der Waals surface area contributed by atoms with Crippen molar-refractivity contribution in [3.05, 3.63) is 28.3 Å². The molecule has 1 saturated heterocycles. The highest BCUT2D eigenvalue weighted by atomic mass is 79.9. The molecule has 0 spiro atoms. The van der Waals surface area contributed by atoms with Gasteiger partial charge < -0.3 is 15.1 Å². The summed E-state index contributed by atoms with van der Waals surface area (Å²) < 4.78 is 5.54. The van der Waals surface area contributed by atoms with Crippen LogP contribution in [0, 0.1) is 10.1 Å². The van der Waals surface area contributed by atoms with Gasteiger partial charge in [-0.25, -0.2) is 0 Å². The number of nitro groups is 1. The smallest absolute Gasteiger partial charge is 0.295 e. The highest BCUT2D eigenvalue weighted by molar-refractivity contribution is 8.93. The van der Waals surface area contributed by atoms with E-state index >= 15 is 0 Å². The zero-order valence-electron chi connectivity index (χ0n) is 11.1. The predicted molar refractivity (Wildman–Crippen MR) is 90.8 cm³/mol. The Morgan fingerprint density at radius 3 is 2.71 bits per heavy atom. The molecule has 0 amide bonds. The lowest BCUT2D eigenvalue weighted by molar-refractivity contribution is -0.384. The Morgan fingerprint density at radius 2 is 2.05 bits per heavy atom. The third kappa shape index (κ3) is 4.14. The molecule has 2 heterocycles. The lowest BCUT2D eigenvalue weighted by Gasteiger charge is -2.22. The molecule has 1 fully saturated rings. The van der Waals surface area contributed by atoms with Crippen LogP contribution >= 0.6 is 34.0 Å². The van der Waals surface area contributed by atoms with Gasteiger partial charge in [0, 0.05) is 18.2 Å². The van der Waals surface area contributed by atoms with Crippen molar-refractivity contribution in [3.63, 3.8) is 0 Å². The summed E-state index contributed by atoms with van der Waals surface area (Å²) in [5.74, 6) is 0. The van der Waals surface area contributed by atoms with Gasteiger partial charge in [-0.2, -0.15) is 4.98 Å². The average molecular weight is 424 g/mol. The summed E-state index contributed by atoms with van der Waals surface area (Å²) in [6.07, 6.45) is 2.03. The van der Waals surface area contributed by atoms with Crippen LogP contribution in [0.1, 0.15) is 12.8 Å². The van der Waals surface area contributed by atoms with Crippen LogP contribution in [0.4, 0.5) is 11.7 Å². The number of piperidine rings is 1. The highest BCUT2D eigenvalue weighted by Crippen LogP contribution is 2.24. The summed E-state index contributed by atoms with van der Waals surface area (Å²) >= 11 is 0. The summed E-state index contributed by atoms with van der Waals surface area (Å²) in [7, 11) is 0. The second kappa shape index (κ2) is 7.71. The van der Waals surface area contributed by atoms with Gasteiger partial charge >= 0.3 is 0 Å². The molecular weight excluding hydrogens is 408 g/mol. The number of hydrogen-bond acceptors (Lipinski definition) is 6. The first kappa shape index (κ1) is 17.9. The standard InChI is InChI=1S/C12H14N4O3.2BrH/c17-16(18)9-1-2-11-10(7-9)15-12(19-11)14-8-3-5-13-6-4-8;;/h1-2,7-8,13H,3-6H2,(H,14,15);2*1H. The van der Waals surface area contributed by atoms with Crippen LogP contribution in [0.25, 0.3) is 11.1 Å². The quantitative estimate of drug-likeness (QED) is 0.582. The summed E-state index contributed by atoms with van der Waals surface area (Å²) in [6, 6.07) is 5.19. The van der Waals surface area contributed by atoms with Gasteiger partial charge in [0.15, 0.2) is 5.58 Å². The topological polar surface area (TPSA) is 93.2 Å². The molecule has 1 aromatic carbocycles. The van der Waals surface area contributed by atoms with E-state index in [1.807, 2.05) is 0 Å². The number of fused-ring (bicyclic) bond motifs is 1. The maximum atomic E-state index is 10.7. The molecule has 21 heavy (non-hydrogen) atoms. The number of hydrogen-bond donors (Lipinski definition) is 2. The Bertz CT molecular complexity index is 614. The largest absolute Gasteiger partial charge is 0.424 e. The lowest BCUT2D eigenvalue weighted by atomic mass is 10.1. The number of nitrogens with zero attached hydrogens (tertiary/aromatic N) is 2. The Labute approximate surface area is 142 Å². The molecule has 9 heteroatoms. The molecular formula is C12H16Br2N4O3. The van der Waals surface area contributed by atoms with E-state index in [4.69, 9.17) is 4.42 Å². The fourth-order valence-electron chi connectivity index (χ4n) is 2.23. The summed E-state index contributed by atoms with van der Waals surface area (Å²) in [5, 5.41) is 17.2. The Hall–Kier alpha value is -1.19. The Kier molecular flexibility index (Phi) is 6.56. The van der Waals surface area contributed by atoms with Gasteiger partial charge in [-0.3, -0.25) is 10.1 Å². The van der Waals surface area contributed by atoms with E-state index in [9.17, 15) is 10.1 Å². The number of nitro benzene ring substituents is 1. The fourth-order valence-corrected chi connectivity index (χ4v) is 2.23. The van der Waals surface area contributed by atoms with Gasteiger partial charge in [0.25, 0.3) is 11.7 Å². The number of non-ortho nitro benzene ring substituents is 1. The third-order valence-corrected chi connectivity index (χ3v) is 3.25. The number of aromatic nitrogens is 1. The van der Waals surface area contributed by atoms with Gasteiger partial charge in [0.1, 0.15) is 5.52 Å². The van der Waals surface area contributed by atoms with Crippen LogP contribution in [-0.4, -0.2) is 29.0 Å². The van der Waals surface area contributed by atoms with Crippen LogP contribution in [0.2, 0.25) is 0 Å². The summed E-state index contributed by atoms with van der Waals surface area (Å²) in [4.78, 5) is 14.5. The average Bonchev–Trinajstić information content (AvgIpc) is 2.80. The number of nitrogens with one attached hydrogen (secondary N) is 2. The van der Waals surface area contributed by atoms with E-state index in [2.05, 4.69) is 15.6 Å². The molecule has 0 radical (unpaired) electrons. The minimum absolute atomic E-state index is 0. The van der Waals surface area contributed by atoms with Crippen LogP contribution in [0.15, 0.2) is 22.6 Å². The number of rotatable bonds is 3. The van der Waals surface area contributed by atoms with E-state index in [1.165, 1.54) is 12.1 Å². The number of anilines is 1. The predicted octanol–water partition coefficient (Wildman–Crippen LogP) is 3.06. The van der Waals surface area contributed by atoms with Crippen LogP contribution in [0.3, 0.4) is 0 Å². The second-order valence-corrected chi connectivity index (χ2v) is 4.60. The van der Waals surface area contributed by atoms with Crippen molar-refractivity contribution in [2.45, 2.75) is 18.9 Å². The van der Waals surface area contributed by atoms with Gasteiger partial charge in [-0.1, -0.05) is 0 Å². The second-order valence-electron chi connectivity index (χ2n) is 4.60. The summed E-state index contributed by atoms with van der Waals surface area (Å²) in [6.45, 7) is 1.95. The molecule has 1 aromatic heterocycles. The zero-order valence-corrected chi connectivity index (χ0v) is 14.5. The number of halogens is 2. The van der Waals surface area contributed by atoms with Crippen LogP contribution < -0.4 is 10.6 Å². The molecule has 7 nitrogen and oxygen atoms in total. The van der Waals surface area contributed by atoms with Gasteiger partial charge in [0.2, 0.25) is 0 Å². The Balaban J connectivity index is 0.00000110. The van der Waals surface area contributed by atoms with E-state index in [0.717, 1.165) is 25.9 Å². The highest BCUT2D eigenvalue weighted by Gasteiger charge is 2.16. The van der Waals surface area contributed by atoms with Crippen molar-refractivity contribution in [2.75, 3.05) is 18.4 Å². The molecule has 0 aliphatic carbocycles. The minimum atomic E-state index is -0.436. The van der Waals surface area contributed by atoms with Crippen molar-refractivity contribution in [2.24, 2.45) is 0 Å². The zero-order chi connectivity index (χ0) is 13.2. The van der Waals surface area contributed by atoms with Crippen molar-refractivity contribution in [1.29, 1.82) is 0 Å². The van der Waals surface area contributed by atoms with E-state index in [-0.39, 0.29) is 39.7 Å². The van der Waals surface area contributed by atoms with Crippen LogP contribution in [-0.2, 0) is 0 Å². The van der Waals surface area contributed by atoms with Crippen molar-refractivity contribution >= 4 is 56.8 Å². The molecule has 0 atom stereocenters. The molecule has 1 aliphatic heterocycles. The maximum absolute atomic E-state index is 10.7.